The second-order valence-electron chi connectivity index (χ2n) is 9.62. The molecule has 1 N–H and O–H groups in total. The average molecular weight is 519 g/mol. The number of carbonyl (C=O) groups excluding carboxylic acids is 1. The highest BCUT2D eigenvalue weighted by molar-refractivity contribution is 7.92. The third-order valence-electron chi connectivity index (χ3n) is 6.84. The number of hydrogen-bond acceptors (Lipinski definition) is 5. The van der Waals surface area contributed by atoms with Gasteiger partial charge in [0.05, 0.1) is 7.05 Å². The highest BCUT2D eigenvalue weighted by Crippen LogP contribution is 2.37. The molecule has 1 saturated heterocycles. The van der Waals surface area contributed by atoms with Gasteiger partial charge in [-0.15, -0.1) is 0 Å². The summed E-state index contributed by atoms with van der Waals surface area (Å²) in [6.07, 6.45) is 3.52. The fourth-order valence-corrected chi connectivity index (χ4v) is 6.27. The minimum absolute atomic E-state index is 0.0413. The summed E-state index contributed by atoms with van der Waals surface area (Å²) in [5, 5.41) is 13.0. The Morgan fingerprint density at radius 2 is 1.65 bits per heavy atom. The summed E-state index contributed by atoms with van der Waals surface area (Å²) >= 11 is 0. The van der Waals surface area contributed by atoms with Gasteiger partial charge in [0, 0.05) is 49.5 Å². The smallest absolute Gasteiger partial charge is 0.267 e. The lowest BCUT2D eigenvalue weighted by molar-refractivity contribution is 0.0628. The van der Waals surface area contributed by atoms with Crippen molar-refractivity contribution in [3.05, 3.63) is 101 Å². The van der Waals surface area contributed by atoms with Crippen LogP contribution in [0.5, 0.6) is 0 Å². The number of rotatable bonds is 6. The van der Waals surface area contributed by atoms with E-state index < -0.39 is 14.7 Å². The molecule has 8 nitrogen and oxygen atoms in total. The van der Waals surface area contributed by atoms with Crippen LogP contribution in [0, 0.1) is 5.21 Å². The van der Waals surface area contributed by atoms with Crippen LogP contribution in [0.4, 0.5) is 11.4 Å². The molecule has 37 heavy (non-hydrogen) atoms. The number of para-hydroxylation sites is 1. The molecule has 192 valence electrons. The van der Waals surface area contributed by atoms with Crippen molar-refractivity contribution in [1.82, 2.24) is 14.4 Å². The van der Waals surface area contributed by atoms with E-state index >= 15 is 0 Å². The van der Waals surface area contributed by atoms with Gasteiger partial charge in [-0.25, -0.2) is 8.42 Å². The van der Waals surface area contributed by atoms with Crippen LogP contribution < -0.4 is 9.37 Å². The number of hydroxylamine groups is 2. The molecule has 2 aliphatic heterocycles. The normalized spacial score (nSPS) is 19.9. The van der Waals surface area contributed by atoms with Crippen molar-refractivity contribution >= 4 is 33.4 Å². The lowest BCUT2D eigenvalue weighted by Gasteiger charge is -2.40. The van der Waals surface area contributed by atoms with Gasteiger partial charge in [0.25, 0.3) is 15.9 Å². The summed E-state index contributed by atoms with van der Waals surface area (Å²) in [4.78, 5) is 17.2. The van der Waals surface area contributed by atoms with Crippen molar-refractivity contribution in [3.8, 4) is 0 Å². The number of fused-ring (bicyclic) bond motifs is 1. The van der Waals surface area contributed by atoms with Gasteiger partial charge in [-0.1, -0.05) is 36.4 Å². The first kappa shape index (κ1) is 25.2. The lowest BCUT2D eigenvalue weighted by atomic mass is 10.1. The van der Waals surface area contributed by atoms with Crippen molar-refractivity contribution in [3.63, 3.8) is 0 Å². The number of benzene rings is 3. The zero-order valence-corrected chi connectivity index (χ0v) is 21.5. The van der Waals surface area contributed by atoms with E-state index in [0.29, 0.717) is 29.9 Å². The summed E-state index contributed by atoms with van der Waals surface area (Å²) in [7, 11) is -2.56. The topological polar surface area (TPSA) is 92.8 Å². The molecule has 3 aromatic rings. The second kappa shape index (κ2) is 10.1. The van der Waals surface area contributed by atoms with Gasteiger partial charge in [-0.3, -0.25) is 14.4 Å². The average Bonchev–Trinajstić information content (AvgIpc) is 2.89. The molecule has 0 aliphatic carbocycles. The fourth-order valence-electron chi connectivity index (χ4n) is 4.89. The van der Waals surface area contributed by atoms with Crippen molar-refractivity contribution in [2.75, 3.05) is 44.5 Å². The zero-order valence-electron chi connectivity index (χ0n) is 20.7. The molecular formula is C28H30N4O4S. The van der Waals surface area contributed by atoms with E-state index in [4.69, 9.17) is 0 Å². The molecule has 5 rings (SSSR count). The first-order chi connectivity index (χ1) is 17.7. The number of nitrogens with one attached hydrogen (secondary N) is 1. The number of anilines is 1. The van der Waals surface area contributed by atoms with Crippen LogP contribution in [0.3, 0.4) is 0 Å². The number of piperazine rings is 1. The van der Waals surface area contributed by atoms with Crippen LogP contribution >= 0.6 is 0 Å². The standard InChI is InChI=1S/C28H30N4O4S/c1-32(34)20-6-10-23-9-5-11-26(27(23)32)37(35,36)29-25-14-12-24(13-15-25)28(33)31-18-16-30(17-19-31)21-22-7-3-2-4-8-22/h2-15,29H,16-21H2,1H3. The summed E-state index contributed by atoms with van der Waals surface area (Å²) in [5.41, 5.74) is 2.90. The second-order valence-corrected chi connectivity index (χ2v) is 11.3. The molecule has 3 aromatic carbocycles. The van der Waals surface area contributed by atoms with Gasteiger partial charge in [-0.2, -0.15) is 0 Å². The monoisotopic (exact) mass is 518 g/mol. The van der Waals surface area contributed by atoms with E-state index in [-0.39, 0.29) is 23.0 Å². The molecule has 0 radical (unpaired) electrons. The molecule has 1 unspecified atom stereocenters. The van der Waals surface area contributed by atoms with E-state index in [1.54, 1.807) is 48.6 Å². The Hall–Kier alpha value is -3.50. The van der Waals surface area contributed by atoms with Crippen molar-refractivity contribution in [2.45, 2.75) is 11.4 Å². The largest absolute Gasteiger partial charge is 0.627 e. The van der Waals surface area contributed by atoms with E-state index in [0.717, 1.165) is 19.6 Å². The molecule has 9 heteroatoms. The number of nitrogens with zero attached hydrogens (tertiary/aromatic N) is 3. The quantitative estimate of drug-likeness (QED) is 0.395. The Morgan fingerprint density at radius 3 is 2.35 bits per heavy atom. The summed E-state index contributed by atoms with van der Waals surface area (Å²) in [6.45, 7) is 3.90. The molecule has 0 saturated carbocycles. The van der Waals surface area contributed by atoms with Crippen LogP contribution in [-0.2, 0) is 16.6 Å². The molecule has 1 atom stereocenters. The number of amides is 1. The van der Waals surface area contributed by atoms with Crippen LogP contribution in [0.15, 0.2) is 83.8 Å². The Kier molecular flexibility index (Phi) is 6.87. The number of likely N-dealkylation sites (N-methyl/N-ethyl adjacent to an activating group) is 1. The SMILES string of the molecule is C[N+]1([O-])CC=Cc2cccc(S(=O)(=O)Nc3ccc(C(=O)N4CCN(Cc5ccccc5)CC4)cc3)c21. The first-order valence-corrected chi connectivity index (χ1v) is 13.8. The van der Waals surface area contributed by atoms with Crippen LogP contribution in [0.2, 0.25) is 0 Å². The summed E-state index contributed by atoms with van der Waals surface area (Å²) < 4.78 is 28.2. The van der Waals surface area contributed by atoms with Gasteiger partial charge in [0.2, 0.25) is 0 Å². The van der Waals surface area contributed by atoms with E-state index in [1.807, 2.05) is 23.1 Å². The molecular weight excluding hydrogens is 488 g/mol. The maximum atomic E-state index is 13.2. The van der Waals surface area contributed by atoms with Crippen LogP contribution in [-0.4, -0.2) is 63.9 Å². The van der Waals surface area contributed by atoms with Gasteiger partial charge in [0.1, 0.15) is 11.4 Å². The maximum absolute atomic E-state index is 13.2. The third-order valence-corrected chi connectivity index (χ3v) is 8.25. The summed E-state index contributed by atoms with van der Waals surface area (Å²) in [6, 6.07) is 21.5. The summed E-state index contributed by atoms with van der Waals surface area (Å²) in [5.74, 6) is -0.0721. The molecule has 2 aliphatic rings. The highest BCUT2D eigenvalue weighted by Gasteiger charge is 2.31. The Labute approximate surface area is 217 Å². The highest BCUT2D eigenvalue weighted by atomic mass is 32.2. The molecule has 0 bridgehead atoms. The molecule has 0 aromatic heterocycles. The van der Waals surface area contributed by atoms with Gasteiger partial charge in [-0.05, 0) is 54.1 Å². The Balaban J connectivity index is 1.24. The zero-order chi connectivity index (χ0) is 26.0. The number of carbonyl (C=O) groups is 1. The van der Waals surface area contributed by atoms with Crippen LogP contribution in [0.1, 0.15) is 21.5 Å². The first-order valence-electron chi connectivity index (χ1n) is 12.3. The third kappa shape index (κ3) is 5.45. The molecule has 0 spiro atoms. The lowest BCUT2D eigenvalue weighted by Crippen LogP contribution is -2.48. The minimum atomic E-state index is -4.01. The van der Waals surface area contributed by atoms with Gasteiger partial charge in [0.15, 0.2) is 5.69 Å². The molecule has 1 fully saturated rings. The van der Waals surface area contributed by atoms with Crippen molar-refractivity contribution in [1.29, 1.82) is 0 Å². The van der Waals surface area contributed by atoms with Crippen LogP contribution in [0.25, 0.3) is 6.08 Å². The van der Waals surface area contributed by atoms with E-state index in [2.05, 4.69) is 21.8 Å². The van der Waals surface area contributed by atoms with Crippen molar-refractivity contribution < 1.29 is 13.2 Å². The van der Waals surface area contributed by atoms with Crippen molar-refractivity contribution in [2.24, 2.45) is 0 Å². The Bertz CT molecular complexity index is 1410. The van der Waals surface area contributed by atoms with E-state index in [1.165, 1.54) is 18.7 Å². The minimum Gasteiger partial charge on any atom is -0.627 e. The number of hydrogen-bond donors (Lipinski definition) is 1. The Morgan fingerprint density at radius 1 is 0.946 bits per heavy atom. The maximum Gasteiger partial charge on any atom is 0.267 e. The molecule has 2 heterocycles. The van der Waals surface area contributed by atoms with E-state index in [9.17, 15) is 18.4 Å². The number of sulfonamides is 1. The molecule has 1 amide bonds. The number of quaternary nitrogens is 1. The van der Waals surface area contributed by atoms with Gasteiger partial charge >= 0.3 is 0 Å². The van der Waals surface area contributed by atoms with Gasteiger partial charge < -0.3 is 14.8 Å². The predicted octanol–water partition coefficient (Wildman–Crippen LogP) is 3.91. The fraction of sp³-hybridized carbons (Fsp3) is 0.250. The predicted molar refractivity (Wildman–Crippen MR) is 146 cm³/mol.